The topological polar surface area (TPSA) is 12.9 Å². The van der Waals surface area contributed by atoms with Crippen LogP contribution in [0.2, 0.25) is 0 Å². The van der Waals surface area contributed by atoms with Crippen molar-refractivity contribution >= 4 is 42.2 Å². The first-order valence-corrected chi connectivity index (χ1v) is 15.5. The van der Waals surface area contributed by atoms with Crippen LogP contribution in [0.3, 0.4) is 0 Å². The van der Waals surface area contributed by atoms with Gasteiger partial charge >= 0.3 is 0 Å². The summed E-state index contributed by atoms with van der Waals surface area (Å²) >= 11 is 1.91. The molecule has 176 valence electrons. The molecule has 4 aromatic rings. The van der Waals surface area contributed by atoms with Gasteiger partial charge in [-0.3, -0.25) is 4.98 Å². The van der Waals surface area contributed by atoms with Crippen LogP contribution in [0.25, 0.3) is 32.1 Å². The van der Waals surface area contributed by atoms with E-state index in [2.05, 4.69) is 103 Å². The van der Waals surface area contributed by atoms with E-state index in [9.17, 15) is 0 Å². The van der Waals surface area contributed by atoms with Gasteiger partial charge in [-0.15, -0.1) is 11.3 Å². The van der Waals surface area contributed by atoms with Gasteiger partial charge in [-0.2, -0.15) is 0 Å². The predicted octanol–water partition coefficient (Wildman–Crippen LogP) is 9.36. The number of fused-ring (bicyclic) bond motifs is 3. The second kappa shape index (κ2) is 8.13. The zero-order chi connectivity index (χ0) is 24.3. The monoisotopic (exact) mass is 477 g/mol. The number of benzene rings is 2. The van der Waals surface area contributed by atoms with Gasteiger partial charge in [-0.05, 0) is 88.6 Å². The Balaban J connectivity index is 2.07. The Kier molecular flexibility index (Phi) is 5.98. The maximum atomic E-state index is 4.95. The molecule has 2 heterocycles. The van der Waals surface area contributed by atoms with Gasteiger partial charge in [0.2, 0.25) is 0 Å². The summed E-state index contributed by atoms with van der Waals surface area (Å²) in [6.45, 7) is 16.1. The summed E-state index contributed by atoms with van der Waals surface area (Å²) in [5, 5.41) is 6.54. The molecule has 0 amide bonds. The van der Waals surface area contributed by atoms with Crippen molar-refractivity contribution in [3.63, 3.8) is 0 Å². The highest BCUT2D eigenvalue weighted by Crippen LogP contribution is 2.53. The van der Waals surface area contributed by atoms with Crippen LogP contribution in [0.1, 0.15) is 58.2 Å². The highest BCUT2D eigenvalue weighted by molar-refractivity contribution is 8.32. The van der Waals surface area contributed by atoms with E-state index in [0.717, 1.165) is 12.1 Å². The highest BCUT2D eigenvalue weighted by Gasteiger charge is 2.23. The molecule has 0 aliphatic carbocycles. The minimum Gasteiger partial charge on any atom is -0.256 e. The molecule has 0 N–H and O–H groups in total. The predicted molar refractivity (Wildman–Crippen MR) is 153 cm³/mol. The van der Waals surface area contributed by atoms with Gasteiger partial charge < -0.3 is 0 Å². The number of hydrogen-bond donors (Lipinski definition) is 0. The number of hydrogen-bond acceptors (Lipinski definition) is 2. The van der Waals surface area contributed by atoms with Crippen molar-refractivity contribution in [2.75, 3.05) is 18.8 Å². The molecule has 0 saturated carbocycles. The summed E-state index contributed by atoms with van der Waals surface area (Å²) in [5.41, 5.74) is 6.87. The molecule has 2 aromatic heterocycles. The van der Waals surface area contributed by atoms with E-state index in [4.69, 9.17) is 4.98 Å². The second-order valence-electron chi connectivity index (χ2n) is 12.5. The lowest BCUT2D eigenvalue weighted by molar-refractivity contribution is 0.413. The SMILES string of the molecule is Cc1cc(-c2nccc3c2cc(S(C)(C)C)c2c(CC(C)(C)C)csc23)cc(C(C)(C)C)c1. The maximum absolute atomic E-state index is 4.95. The minimum atomic E-state index is -0.929. The molecule has 1 nitrogen and oxygen atoms in total. The lowest BCUT2D eigenvalue weighted by Gasteiger charge is -2.29. The summed E-state index contributed by atoms with van der Waals surface area (Å²) in [6.07, 6.45) is 10.4. The van der Waals surface area contributed by atoms with Crippen molar-refractivity contribution in [3.05, 3.63) is 58.6 Å². The van der Waals surface area contributed by atoms with Gasteiger partial charge in [-0.25, -0.2) is 10.0 Å². The Morgan fingerprint density at radius 2 is 1.61 bits per heavy atom. The average molecular weight is 478 g/mol. The Morgan fingerprint density at radius 1 is 0.909 bits per heavy atom. The molecule has 0 aliphatic rings. The van der Waals surface area contributed by atoms with Gasteiger partial charge in [0, 0.05) is 32.6 Å². The van der Waals surface area contributed by atoms with Crippen LogP contribution in [0.5, 0.6) is 0 Å². The smallest absolute Gasteiger partial charge is 0.0781 e. The van der Waals surface area contributed by atoms with E-state index in [1.165, 1.54) is 48.0 Å². The van der Waals surface area contributed by atoms with Crippen LogP contribution in [0.15, 0.2) is 46.8 Å². The van der Waals surface area contributed by atoms with E-state index in [0.29, 0.717) is 0 Å². The first-order valence-electron chi connectivity index (χ1n) is 11.8. The highest BCUT2D eigenvalue weighted by atomic mass is 32.3. The van der Waals surface area contributed by atoms with E-state index in [1.807, 2.05) is 17.5 Å². The molecule has 3 heteroatoms. The standard InChI is InChI=1S/C30H39NS2/c1-19-13-20(15-22(14-19)30(5,6)7)27-24-16-25(33(8,9)10)26-21(17-29(2,3)4)18-32-28(26)23(24)11-12-31-27/h11-16,18H,17H2,1-10H3. The molecule has 0 spiro atoms. The Labute approximate surface area is 206 Å². The molecular weight excluding hydrogens is 438 g/mol. The zero-order valence-corrected chi connectivity index (χ0v) is 23.6. The van der Waals surface area contributed by atoms with Crippen LogP contribution in [0, 0.1) is 12.3 Å². The van der Waals surface area contributed by atoms with Gasteiger partial charge in [0.15, 0.2) is 0 Å². The first-order chi connectivity index (χ1) is 15.1. The number of pyridine rings is 1. The van der Waals surface area contributed by atoms with Gasteiger partial charge in [0.1, 0.15) is 0 Å². The second-order valence-corrected chi connectivity index (χ2v) is 17.5. The number of aromatic nitrogens is 1. The number of thiophene rings is 1. The van der Waals surface area contributed by atoms with Crippen molar-refractivity contribution < 1.29 is 0 Å². The minimum absolute atomic E-state index is 0.106. The average Bonchev–Trinajstić information content (AvgIpc) is 3.07. The van der Waals surface area contributed by atoms with Gasteiger partial charge in [0.25, 0.3) is 0 Å². The normalized spacial score (nSPS) is 13.8. The maximum Gasteiger partial charge on any atom is 0.0781 e. The van der Waals surface area contributed by atoms with Crippen molar-refractivity contribution in [2.24, 2.45) is 5.41 Å². The van der Waals surface area contributed by atoms with Crippen LogP contribution >= 0.6 is 21.4 Å². The van der Waals surface area contributed by atoms with Crippen LogP contribution in [0.4, 0.5) is 0 Å². The summed E-state index contributed by atoms with van der Waals surface area (Å²) in [4.78, 5) is 6.47. The Morgan fingerprint density at radius 3 is 2.21 bits per heavy atom. The quantitative estimate of drug-likeness (QED) is 0.286. The van der Waals surface area contributed by atoms with Crippen molar-refractivity contribution in [1.29, 1.82) is 0 Å². The summed E-state index contributed by atoms with van der Waals surface area (Å²) in [6, 6.07) is 11.7. The molecule has 0 radical (unpaired) electrons. The van der Waals surface area contributed by atoms with E-state index < -0.39 is 10.0 Å². The number of nitrogens with zero attached hydrogens (tertiary/aromatic N) is 1. The zero-order valence-electron chi connectivity index (χ0n) is 22.0. The van der Waals surface area contributed by atoms with Crippen LogP contribution in [-0.4, -0.2) is 23.8 Å². The fourth-order valence-corrected chi connectivity index (χ4v) is 7.16. The van der Waals surface area contributed by atoms with E-state index in [1.54, 1.807) is 0 Å². The Hall–Kier alpha value is -1.84. The molecule has 4 rings (SSSR count). The lowest BCUT2D eigenvalue weighted by atomic mass is 9.84. The fraction of sp³-hybridized carbons (Fsp3) is 0.433. The number of rotatable bonds is 3. The van der Waals surface area contributed by atoms with E-state index in [-0.39, 0.29) is 10.8 Å². The third-order valence-electron chi connectivity index (χ3n) is 6.22. The Bertz CT molecular complexity index is 1340. The van der Waals surface area contributed by atoms with Crippen molar-refractivity contribution in [1.82, 2.24) is 4.98 Å². The molecule has 2 aromatic carbocycles. The molecule has 0 unspecified atom stereocenters. The summed E-state index contributed by atoms with van der Waals surface area (Å²) in [5.74, 6) is 0. The van der Waals surface area contributed by atoms with Gasteiger partial charge in [0.05, 0.1) is 5.69 Å². The summed E-state index contributed by atoms with van der Waals surface area (Å²) < 4.78 is 1.43. The third kappa shape index (κ3) is 4.86. The van der Waals surface area contributed by atoms with Crippen LogP contribution < -0.4 is 0 Å². The number of aryl methyl sites for hydroxylation is 1. The molecule has 0 aliphatic heterocycles. The van der Waals surface area contributed by atoms with E-state index >= 15 is 0 Å². The largest absolute Gasteiger partial charge is 0.256 e. The first kappa shape index (κ1) is 24.3. The molecule has 0 bridgehead atoms. The molecular formula is C30H39NS2. The fourth-order valence-electron chi connectivity index (χ4n) is 4.65. The van der Waals surface area contributed by atoms with Crippen molar-refractivity contribution in [2.45, 2.75) is 65.2 Å². The third-order valence-corrected chi connectivity index (χ3v) is 8.92. The molecule has 0 fully saturated rings. The molecule has 33 heavy (non-hydrogen) atoms. The van der Waals surface area contributed by atoms with Crippen LogP contribution in [-0.2, 0) is 11.8 Å². The molecule has 0 atom stereocenters. The lowest BCUT2D eigenvalue weighted by Crippen LogP contribution is -2.11. The molecule has 0 saturated heterocycles. The van der Waals surface area contributed by atoms with Gasteiger partial charge in [-0.1, -0.05) is 53.2 Å². The summed E-state index contributed by atoms with van der Waals surface area (Å²) in [7, 11) is -0.929. The van der Waals surface area contributed by atoms with Crippen molar-refractivity contribution in [3.8, 4) is 11.3 Å².